The minimum absolute atomic E-state index is 0.160. The van der Waals surface area contributed by atoms with Gasteiger partial charge in [0.1, 0.15) is 5.75 Å². The van der Waals surface area contributed by atoms with Crippen molar-refractivity contribution in [1.82, 2.24) is 10.6 Å². The Bertz CT molecular complexity index is 407. The summed E-state index contributed by atoms with van der Waals surface area (Å²) in [7, 11) is 1.87. The van der Waals surface area contributed by atoms with Crippen LogP contribution in [-0.4, -0.2) is 32.1 Å². The third-order valence-electron chi connectivity index (χ3n) is 2.42. The number of halogens is 2. The van der Waals surface area contributed by atoms with Gasteiger partial charge in [0.05, 0.1) is 0 Å². The lowest BCUT2D eigenvalue weighted by Gasteiger charge is -2.15. The Balaban J connectivity index is 2.44. The van der Waals surface area contributed by atoms with Crippen LogP contribution in [0.1, 0.15) is 13.3 Å². The summed E-state index contributed by atoms with van der Waals surface area (Å²) in [5.41, 5.74) is 0. The van der Waals surface area contributed by atoms with E-state index in [0.717, 1.165) is 13.0 Å². The highest BCUT2D eigenvalue weighted by Crippen LogP contribution is 2.24. The van der Waals surface area contributed by atoms with Crippen molar-refractivity contribution in [1.29, 1.82) is 0 Å². The van der Waals surface area contributed by atoms with E-state index in [1.165, 1.54) is 0 Å². The summed E-state index contributed by atoms with van der Waals surface area (Å²) in [5, 5.41) is 6.76. The predicted molar refractivity (Wildman–Crippen MR) is 78.1 cm³/mol. The van der Waals surface area contributed by atoms with Gasteiger partial charge in [0.25, 0.3) is 5.91 Å². The van der Waals surface area contributed by atoms with Crippen molar-refractivity contribution in [3.05, 3.63) is 28.2 Å². The van der Waals surface area contributed by atoms with Crippen LogP contribution >= 0.6 is 23.2 Å². The van der Waals surface area contributed by atoms with Crippen LogP contribution in [0, 0.1) is 0 Å². The molecule has 1 atom stereocenters. The van der Waals surface area contributed by atoms with Crippen LogP contribution in [0.3, 0.4) is 0 Å². The maximum Gasteiger partial charge on any atom is 0.260 e. The number of amides is 1. The fourth-order valence-corrected chi connectivity index (χ4v) is 1.98. The molecule has 6 heteroatoms. The molecule has 0 heterocycles. The van der Waals surface area contributed by atoms with E-state index in [-0.39, 0.29) is 5.91 Å². The van der Waals surface area contributed by atoms with E-state index in [1.807, 2.05) is 7.05 Å². The number of hydrogen-bond donors (Lipinski definition) is 2. The van der Waals surface area contributed by atoms with Gasteiger partial charge >= 0.3 is 0 Å². The van der Waals surface area contributed by atoms with Gasteiger partial charge in [-0.1, -0.05) is 23.2 Å². The molecule has 1 aromatic carbocycles. The van der Waals surface area contributed by atoms with Gasteiger partial charge < -0.3 is 15.4 Å². The van der Waals surface area contributed by atoms with Crippen LogP contribution in [0.25, 0.3) is 0 Å². The molecule has 1 amide bonds. The summed E-state index contributed by atoms with van der Waals surface area (Å²) in [5.74, 6) is 0.322. The second-order valence-electron chi connectivity index (χ2n) is 4.11. The lowest BCUT2D eigenvalue weighted by molar-refractivity contribution is -0.127. The lowest BCUT2D eigenvalue weighted by Crippen LogP contribution is -2.37. The highest BCUT2D eigenvalue weighted by atomic mass is 35.5. The summed E-state index contributed by atoms with van der Waals surface area (Å²) in [6.45, 7) is 3.16. The zero-order valence-corrected chi connectivity index (χ0v) is 12.5. The van der Waals surface area contributed by atoms with Crippen LogP contribution in [0.4, 0.5) is 0 Å². The molecule has 1 unspecified atom stereocenters. The number of carbonyl (C=O) groups excluding carboxylic acids is 1. The molecule has 2 N–H and O–H groups in total. The molecular formula is C13H18Cl2N2O2. The number of nitrogens with one attached hydrogen (secondary N) is 2. The van der Waals surface area contributed by atoms with Gasteiger partial charge in [0.2, 0.25) is 0 Å². The van der Waals surface area contributed by atoms with Crippen LogP contribution in [-0.2, 0) is 4.79 Å². The molecule has 0 aliphatic rings. The molecule has 0 aromatic heterocycles. The van der Waals surface area contributed by atoms with Gasteiger partial charge in [-0.3, -0.25) is 4.79 Å². The van der Waals surface area contributed by atoms with Gasteiger partial charge in [0, 0.05) is 16.6 Å². The average molecular weight is 305 g/mol. The fraction of sp³-hybridized carbons (Fsp3) is 0.462. The summed E-state index contributed by atoms with van der Waals surface area (Å²) >= 11 is 11.7. The van der Waals surface area contributed by atoms with E-state index in [4.69, 9.17) is 27.9 Å². The monoisotopic (exact) mass is 304 g/mol. The number of rotatable bonds is 7. The minimum atomic E-state index is -0.593. The highest BCUT2D eigenvalue weighted by molar-refractivity contribution is 6.34. The van der Waals surface area contributed by atoms with Crippen molar-refractivity contribution in [2.45, 2.75) is 19.4 Å². The third-order valence-corrected chi connectivity index (χ3v) is 2.86. The lowest BCUT2D eigenvalue weighted by atomic mass is 10.3. The SMILES string of the molecule is CNCCCNC(=O)C(C)Oc1cc(Cl)cc(Cl)c1. The minimum Gasteiger partial charge on any atom is -0.481 e. The molecule has 0 saturated carbocycles. The summed E-state index contributed by atoms with van der Waals surface area (Å²) in [6, 6.07) is 4.86. The molecule has 0 aliphatic carbocycles. The maximum atomic E-state index is 11.8. The fourth-order valence-electron chi connectivity index (χ4n) is 1.47. The van der Waals surface area contributed by atoms with E-state index in [1.54, 1.807) is 25.1 Å². The number of carbonyl (C=O) groups is 1. The Labute approximate surface area is 123 Å². The third kappa shape index (κ3) is 6.14. The summed E-state index contributed by atoms with van der Waals surface area (Å²) in [6.07, 6.45) is 0.280. The van der Waals surface area contributed by atoms with Crippen molar-refractivity contribution in [2.75, 3.05) is 20.1 Å². The zero-order chi connectivity index (χ0) is 14.3. The number of hydrogen-bond acceptors (Lipinski definition) is 3. The topological polar surface area (TPSA) is 50.4 Å². The molecule has 1 rings (SSSR count). The zero-order valence-electron chi connectivity index (χ0n) is 11.0. The van der Waals surface area contributed by atoms with E-state index < -0.39 is 6.10 Å². The van der Waals surface area contributed by atoms with E-state index in [9.17, 15) is 4.79 Å². The van der Waals surface area contributed by atoms with Crippen molar-refractivity contribution in [3.8, 4) is 5.75 Å². The van der Waals surface area contributed by atoms with Gasteiger partial charge in [0.15, 0.2) is 6.10 Å². The van der Waals surface area contributed by atoms with E-state index in [0.29, 0.717) is 22.3 Å². The quantitative estimate of drug-likeness (QED) is 0.761. The van der Waals surface area contributed by atoms with E-state index >= 15 is 0 Å². The van der Waals surface area contributed by atoms with Crippen LogP contribution in [0.5, 0.6) is 5.75 Å². The number of benzene rings is 1. The second-order valence-corrected chi connectivity index (χ2v) is 4.99. The molecule has 0 spiro atoms. The molecule has 0 radical (unpaired) electrons. The average Bonchev–Trinajstić information content (AvgIpc) is 2.33. The smallest absolute Gasteiger partial charge is 0.260 e. The van der Waals surface area contributed by atoms with E-state index in [2.05, 4.69) is 10.6 Å². The molecular weight excluding hydrogens is 287 g/mol. The molecule has 19 heavy (non-hydrogen) atoms. The maximum absolute atomic E-state index is 11.8. The normalized spacial score (nSPS) is 12.0. The van der Waals surface area contributed by atoms with Crippen molar-refractivity contribution in [3.63, 3.8) is 0 Å². The van der Waals surface area contributed by atoms with Crippen LogP contribution in [0.2, 0.25) is 10.0 Å². The Morgan fingerprint density at radius 3 is 2.47 bits per heavy atom. The first-order valence-electron chi connectivity index (χ1n) is 6.08. The van der Waals surface area contributed by atoms with Crippen LogP contribution < -0.4 is 15.4 Å². The molecule has 0 fully saturated rings. The highest BCUT2D eigenvalue weighted by Gasteiger charge is 2.14. The van der Waals surface area contributed by atoms with Crippen molar-refractivity contribution < 1.29 is 9.53 Å². The second kappa shape index (κ2) is 8.25. The van der Waals surface area contributed by atoms with Gasteiger partial charge in [-0.2, -0.15) is 0 Å². The van der Waals surface area contributed by atoms with Crippen LogP contribution in [0.15, 0.2) is 18.2 Å². The Morgan fingerprint density at radius 1 is 1.26 bits per heavy atom. The predicted octanol–water partition coefficient (Wildman–Crippen LogP) is 2.49. The van der Waals surface area contributed by atoms with Gasteiger partial charge in [-0.05, 0) is 45.1 Å². The molecule has 0 aliphatic heterocycles. The summed E-state index contributed by atoms with van der Waals surface area (Å²) < 4.78 is 5.50. The van der Waals surface area contributed by atoms with Gasteiger partial charge in [-0.25, -0.2) is 0 Å². The standard InChI is InChI=1S/C13H18Cl2N2O2/c1-9(13(18)17-5-3-4-16-2)19-12-7-10(14)6-11(15)8-12/h6-9,16H,3-5H2,1-2H3,(H,17,18). The van der Waals surface area contributed by atoms with Gasteiger partial charge in [-0.15, -0.1) is 0 Å². The molecule has 0 bridgehead atoms. The Morgan fingerprint density at radius 2 is 1.89 bits per heavy atom. The Hall–Kier alpha value is -0.970. The first kappa shape index (κ1) is 16.1. The first-order valence-corrected chi connectivity index (χ1v) is 6.83. The summed E-state index contributed by atoms with van der Waals surface area (Å²) in [4.78, 5) is 11.8. The van der Waals surface area contributed by atoms with Crippen molar-refractivity contribution >= 4 is 29.1 Å². The molecule has 4 nitrogen and oxygen atoms in total. The molecule has 0 saturated heterocycles. The van der Waals surface area contributed by atoms with Crippen molar-refractivity contribution in [2.24, 2.45) is 0 Å². The Kier molecular flexibility index (Phi) is 6.99. The molecule has 1 aromatic rings. The first-order chi connectivity index (χ1) is 9.02. The number of ether oxygens (including phenoxy) is 1. The molecule has 106 valence electrons. The largest absolute Gasteiger partial charge is 0.481 e.